The van der Waals surface area contributed by atoms with Gasteiger partial charge in [-0.2, -0.15) is 0 Å². The van der Waals surface area contributed by atoms with Crippen molar-refractivity contribution in [2.24, 2.45) is 0 Å². The van der Waals surface area contributed by atoms with Gasteiger partial charge in [0, 0.05) is 22.3 Å². The van der Waals surface area contributed by atoms with Crippen molar-refractivity contribution in [3.8, 4) is 22.6 Å². The smallest absolute Gasteiger partial charge is 0.250 e. The Kier molecular flexibility index (Phi) is 6.41. The first kappa shape index (κ1) is 23.9. The SMILES string of the molecule is COc1c(C)c(-c2ccccc2C(C)(C)C)c(O[Si](C)(C)C(C)(C)C)c2c1CCCC2. The molecule has 0 atom stereocenters. The van der Waals surface area contributed by atoms with E-state index in [1.807, 2.05) is 7.11 Å². The topological polar surface area (TPSA) is 18.5 Å². The van der Waals surface area contributed by atoms with E-state index in [0.29, 0.717) is 0 Å². The molecule has 0 radical (unpaired) electrons. The van der Waals surface area contributed by atoms with Crippen LogP contribution >= 0.6 is 0 Å². The zero-order valence-electron chi connectivity index (χ0n) is 21.5. The van der Waals surface area contributed by atoms with Crippen molar-refractivity contribution in [2.75, 3.05) is 7.11 Å². The minimum atomic E-state index is -2.02. The van der Waals surface area contributed by atoms with E-state index >= 15 is 0 Å². The maximum atomic E-state index is 7.18. The molecule has 0 saturated carbocycles. The summed E-state index contributed by atoms with van der Waals surface area (Å²) in [7, 11) is -0.199. The molecule has 0 fully saturated rings. The largest absolute Gasteiger partial charge is 0.543 e. The predicted octanol–water partition coefficient (Wildman–Crippen LogP) is 8.23. The van der Waals surface area contributed by atoms with Crippen LogP contribution in [0.1, 0.15) is 76.6 Å². The average molecular weight is 439 g/mol. The highest BCUT2D eigenvalue weighted by molar-refractivity contribution is 6.74. The zero-order chi connectivity index (χ0) is 23.2. The van der Waals surface area contributed by atoms with Gasteiger partial charge in [-0.1, -0.05) is 65.8 Å². The Balaban J connectivity index is 2.41. The molecule has 1 aliphatic carbocycles. The van der Waals surface area contributed by atoms with Crippen LogP contribution < -0.4 is 9.16 Å². The van der Waals surface area contributed by atoms with Crippen molar-refractivity contribution in [3.63, 3.8) is 0 Å². The second-order valence-electron chi connectivity index (χ2n) is 11.7. The summed E-state index contributed by atoms with van der Waals surface area (Å²) in [6.07, 6.45) is 4.59. The molecular formula is C28H42O2Si. The highest BCUT2D eigenvalue weighted by Crippen LogP contribution is 2.51. The van der Waals surface area contributed by atoms with Crippen LogP contribution in [0.15, 0.2) is 24.3 Å². The van der Waals surface area contributed by atoms with Gasteiger partial charge in [0.25, 0.3) is 8.32 Å². The molecule has 1 aliphatic rings. The molecule has 0 saturated heterocycles. The van der Waals surface area contributed by atoms with Gasteiger partial charge in [0.05, 0.1) is 7.11 Å². The van der Waals surface area contributed by atoms with Crippen LogP contribution in [0.25, 0.3) is 11.1 Å². The zero-order valence-corrected chi connectivity index (χ0v) is 22.5. The van der Waals surface area contributed by atoms with Crippen molar-refractivity contribution in [2.45, 2.75) is 97.7 Å². The van der Waals surface area contributed by atoms with Crippen molar-refractivity contribution >= 4 is 8.32 Å². The first-order valence-corrected chi connectivity index (χ1v) is 14.7. The second-order valence-corrected chi connectivity index (χ2v) is 16.4. The summed E-state index contributed by atoms with van der Waals surface area (Å²) in [5.74, 6) is 2.20. The van der Waals surface area contributed by atoms with Gasteiger partial charge >= 0.3 is 0 Å². The monoisotopic (exact) mass is 438 g/mol. The molecule has 2 aromatic rings. The van der Waals surface area contributed by atoms with Gasteiger partial charge in [0.2, 0.25) is 0 Å². The highest BCUT2D eigenvalue weighted by Gasteiger charge is 2.41. The van der Waals surface area contributed by atoms with Gasteiger partial charge in [-0.05, 0) is 67.3 Å². The van der Waals surface area contributed by atoms with E-state index in [-0.39, 0.29) is 10.5 Å². The van der Waals surface area contributed by atoms with Crippen molar-refractivity contribution < 1.29 is 9.16 Å². The molecule has 31 heavy (non-hydrogen) atoms. The van der Waals surface area contributed by atoms with E-state index in [4.69, 9.17) is 9.16 Å². The lowest BCUT2D eigenvalue weighted by Gasteiger charge is -2.39. The molecule has 170 valence electrons. The van der Waals surface area contributed by atoms with E-state index in [1.165, 1.54) is 46.2 Å². The van der Waals surface area contributed by atoms with E-state index < -0.39 is 8.32 Å². The first-order chi connectivity index (χ1) is 14.3. The Labute approximate surface area is 191 Å². The summed E-state index contributed by atoms with van der Waals surface area (Å²) >= 11 is 0. The van der Waals surface area contributed by atoms with E-state index in [9.17, 15) is 0 Å². The van der Waals surface area contributed by atoms with Gasteiger partial charge in [-0.15, -0.1) is 0 Å². The van der Waals surface area contributed by atoms with E-state index in [2.05, 4.69) is 85.8 Å². The predicted molar refractivity (Wildman–Crippen MR) is 136 cm³/mol. The molecule has 0 amide bonds. The fraction of sp³-hybridized carbons (Fsp3) is 0.571. The van der Waals surface area contributed by atoms with Crippen LogP contribution in [0, 0.1) is 6.92 Å². The second kappa shape index (κ2) is 8.31. The standard InChI is InChI=1S/C28H42O2Si/c1-19-24(22-17-13-14-18-23(22)27(2,3)4)26(30-31(9,10)28(5,6)7)21-16-12-11-15-20(21)25(19)29-8/h13-14,17-18H,11-12,15-16H2,1-10H3. The summed E-state index contributed by atoms with van der Waals surface area (Å²) in [4.78, 5) is 0. The Bertz CT molecular complexity index is 958. The highest BCUT2D eigenvalue weighted by atomic mass is 28.4. The van der Waals surface area contributed by atoms with Crippen molar-refractivity contribution in [1.29, 1.82) is 0 Å². The summed E-state index contributed by atoms with van der Waals surface area (Å²) in [6, 6.07) is 8.86. The number of fused-ring (bicyclic) bond motifs is 1. The maximum Gasteiger partial charge on any atom is 0.250 e. The van der Waals surface area contributed by atoms with Crippen LogP contribution in [0.3, 0.4) is 0 Å². The van der Waals surface area contributed by atoms with Crippen LogP contribution in [-0.4, -0.2) is 15.4 Å². The number of methoxy groups -OCH3 is 1. The Morgan fingerprint density at radius 1 is 0.839 bits per heavy atom. The van der Waals surface area contributed by atoms with Gasteiger partial charge in [0.1, 0.15) is 11.5 Å². The third kappa shape index (κ3) is 4.44. The Hall–Kier alpha value is -1.74. The molecule has 0 spiro atoms. The average Bonchev–Trinajstić information content (AvgIpc) is 2.67. The van der Waals surface area contributed by atoms with Crippen LogP contribution in [-0.2, 0) is 18.3 Å². The molecule has 2 nitrogen and oxygen atoms in total. The Morgan fingerprint density at radius 2 is 1.39 bits per heavy atom. The molecule has 0 aromatic heterocycles. The molecule has 0 N–H and O–H groups in total. The Morgan fingerprint density at radius 3 is 1.90 bits per heavy atom. The summed E-state index contributed by atoms with van der Waals surface area (Å²) in [6.45, 7) is 20.8. The third-order valence-electron chi connectivity index (χ3n) is 7.33. The summed E-state index contributed by atoms with van der Waals surface area (Å²) in [5.41, 5.74) is 7.90. The number of benzene rings is 2. The van der Waals surface area contributed by atoms with Crippen LogP contribution in [0.5, 0.6) is 11.5 Å². The molecule has 0 heterocycles. The minimum Gasteiger partial charge on any atom is -0.543 e. The quantitative estimate of drug-likeness (QED) is 0.447. The number of hydrogen-bond acceptors (Lipinski definition) is 2. The first-order valence-electron chi connectivity index (χ1n) is 11.8. The minimum absolute atomic E-state index is 0.0421. The van der Waals surface area contributed by atoms with Crippen molar-refractivity contribution in [3.05, 3.63) is 46.5 Å². The van der Waals surface area contributed by atoms with Crippen LogP contribution in [0.2, 0.25) is 18.1 Å². The number of hydrogen-bond donors (Lipinski definition) is 0. The van der Waals surface area contributed by atoms with Gasteiger partial charge in [0.15, 0.2) is 0 Å². The maximum absolute atomic E-state index is 7.18. The number of ether oxygens (including phenoxy) is 1. The van der Waals surface area contributed by atoms with Gasteiger partial charge < -0.3 is 9.16 Å². The molecule has 0 bridgehead atoms. The molecule has 3 heteroatoms. The lowest BCUT2D eigenvalue weighted by atomic mass is 9.78. The summed E-state index contributed by atoms with van der Waals surface area (Å²) < 4.78 is 13.2. The summed E-state index contributed by atoms with van der Waals surface area (Å²) in [5, 5.41) is 0.142. The lowest BCUT2D eigenvalue weighted by Crippen LogP contribution is -2.44. The molecule has 3 rings (SSSR count). The van der Waals surface area contributed by atoms with Gasteiger partial charge in [-0.3, -0.25) is 0 Å². The van der Waals surface area contributed by atoms with Crippen LogP contribution in [0.4, 0.5) is 0 Å². The molecular weight excluding hydrogens is 396 g/mol. The van der Waals surface area contributed by atoms with Crippen molar-refractivity contribution in [1.82, 2.24) is 0 Å². The molecule has 0 unspecified atom stereocenters. The number of rotatable bonds is 4. The molecule has 0 aliphatic heterocycles. The third-order valence-corrected chi connectivity index (χ3v) is 11.7. The molecule has 2 aromatic carbocycles. The lowest BCUT2D eigenvalue weighted by molar-refractivity contribution is 0.400. The van der Waals surface area contributed by atoms with E-state index in [1.54, 1.807) is 0 Å². The fourth-order valence-corrected chi connectivity index (χ4v) is 5.59. The fourth-order valence-electron chi connectivity index (χ4n) is 4.54. The van der Waals surface area contributed by atoms with Gasteiger partial charge in [-0.25, -0.2) is 0 Å². The van der Waals surface area contributed by atoms with E-state index in [0.717, 1.165) is 24.3 Å². The normalized spacial score (nSPS) is 14.9.